The molecule has 0 aliphatic carbocycles. The second-order valence-corrected chi connectivity index (χ2v) is 13.7. The van der Waals surface area contributed by atoms with Crippen LogP contribution in [0.2, 0.25) is 0 Å². The zero-order chi connectivity index (χ0) is 34.7. The molecule has 0 aromatic heterocycles. The topological polar surface area (TPSA) is 50.2 Å². The van der Waals surface area contributed by atoms with Crippen LogP contribution in [0.3, 0.4) is 0 Å². The van der Waals surface area contributed by atoms with Crippen molar-refractivity contribution in [1.29, 1.82) is 0 Å². The van der Waals surface area contributed by atoms with E-state index in [1.165, 1.54) is 22.3 Å². The first kappa shape index (κ1) is 38.5. The van der Waals surface area contributed by atoms with Crippen LogP contribution in [0.4, 0.5) is 0 Å². The highest BCUT2D eigenvalue weighted by molar-refractivity contribution is 5.19. The molecule has 0 amide bonds. The molecule has 4 rings (SSSR count). The molecular weight excluding hydrogens is 603 g/mol. The van der Waals surface area contributed by atoms with Gasteiger partial charge in [-0.05, 0) is 48.1 Å². The lowest BCUT2D eigenvalue weighted by Crippen LogP contribution is -2.55. The average molecular weight is 664 g/mol. The fourth-order valence-corrected chi connectivity index (χ4v) is 6.96. The fraction of sp³-hybridized carbons (Fsp3) is 0.455. The van der Waals surface area contributed by atoms with E-state index < -0.39 is 12.2 Å². The Morgan fingerprint density at radius 2 is 0.755 bits per heavy atom. The van der Waals surface area contributed by atoms with E-state index in [9.17, 15) is 10.2 Å². The molecule has 0 aliphatic heterocycles. The van der Waals surface area contributed by atoms with Gasteiger partial charge in [-0.15, -0.1) is 0 Å². The van der Waals surface area contributed by atoms with E-state index in [0.717, 1.165) is 84.3 Å². The Bertz CT molecular complexity index is 1200. The standard InChI is InChI=1S/C44H61N3O2/c1-4-7-30-45(35-41(43(48)20-5-2)46(31-37-22-12-8-13-23-37)32-38-24-14-9-15-25-38)36-42(44(49)21-6-3)47(33-39-26-16-10-17-27-39)34-40-28-18-11-19-29-40/h8-19,22-29,41-44,48-49H,4-7,20-21,30-36H2,1-3H3/t41-,42-,43+,44+/m1/s1. The number of nitrogens with zero attached hydrogens (tertiary/aromatic N) is 3. The smallest absolute Gasteiger partial charge is 0.0708 e. The minimum Gasteiger partial charge on any atom is -0.391 e. The molecule has 0 fully saturated rings. The molecule has 5 nitrogen and oxygen atoms in total. The molecule has 264 valence electrons. The van der Waals surface area contributed by atoms with Crippen molar-refractivity contribution in [2.75, 3.05) is 19.6 Å². The van der Waals surface area contributed by atoms with Crippen LogP contribution in [0.5, 0.6) is 0 Å². The van der Waals surface area contributed by atoms with Crippen LogP contribution in [0, 0.1) is 0 Å². The monoisotopic (exact) mass is 663 g/mol. The minimum atomic E-state index is -0.467. The molecule has 49 heavy (non-hydrogen) atoms. The molecule has 0 spiro atoms. The Balaban J connectivity index is 1.70. The van der Waals surface area contributed by atoms with Crippen molar-refractivity contribution in [2.45, 2.75) is 110 Å². The Morgan fingerprint density at radius 1 is 0.449 bits per heavy atom. The maximum Gasteiger partial charge on any atom is 0.0708 e. The van der Waals surface area contributed by atoms with Gasteiger partial charge in [0.1, 0.15) is 0 Å². The largest absolute Gasteiger partial charge is 0.391 e. The first-order chi connectivity index (χ1) is 24.0. The summed E-state index contributed by atoms with van der Waals surface area (Å²) in [7, 11) is 0. The maximum absolute atomic E-state index is 11.9. The molecule has 4 aromatic rings. The van der Waals surface area contributed by atoms with Crippen molar-refractivity contribution < 1.29 is 10.2 Å². The van der Waals surface area contributed by atoms with E-state index in [1.54, 1.807) is 0 Å². The molecule has 0 unspecified atom stereocenters. The normalized spacial score (nSPS) is 14.3. The van der Waals surface area contributed by atoms with Crippen molar-refractivity contribution in [3.05, 3.63) is 144 Å². The summed E-state index contributed by atoms with van der Waals surface area (Å²) in [5.74, 6) is 0. The molecule has 0 aliphatic rings. The van der Waals surface area contributed by atoms with E-state index in [1.807, 2.05) is 0 Å². The Kier molecular flexibility index (Phi) is 17.0. The lowest BCUT2D eigenvalue weighted by atomic mass is 9.99. The van der Waals surface area contributed by atoms with Gasteiger partial charge in [-0.1, -0.05) is 161 Å². The number of aliphatic hydroxyl groups is 2. The molecule has 0 bridgehead atoms. The Hall–Kier alpha value is -3.32. The predicted molar refractivity (Wildman–Crippen MR) is 205 cm³/mol. The van der Waals surface area contributed by atoms with Gasteiger partial charge in [0.15, 0.2) is 0 Å². The van der Waals surface area contributed by atoms with Crippen LogP contribution in [-0.4, -0.2) is 68.8 Å². The van der Waals surface area contributed by atoms with Crippen LogP contribution in [0.25, 0.3) is 0 Å². The second kappa shape index (κ2) is 21.7. The van der Waals surface area contributed by atoms with Gasteiger partial charge in [-0.3, -0.25) is 9.80 Å². The van der Waals surface area contributed by atoms with Crippen molar-refractivity contribution in [3.8, 4) is 0 Å². The summed E-state index contributed by atoms with van der Waals surface area (Å²) in [6.07, 6.45) is 4.59. The predicted octanol–water partition coefficient (Wildman–Crippen LogP) is 8.55. The number of unbranched alkanes of at least 4 members (excludes halogenated alkanes) is 1. The third kappa shape index (κ3) is 13.1. The quantitative estimate of drug-likeness (QED) is 0.0833. The molecule has 4 atom stereocenters. The van der Waals surface area contributed by atoms with Gasteiger partial charge in [0.2, 0.25) is 0 Å². The highest BCUT2D eigenvalue weighted by Gasteiger charge is 2.32. The summed E-state index contributed by atoms with van der Waals surface area (Å²) in [6.45, 7) is 12.0. The van der Waals surface area contributed by atoms with E-state index in [2.05, 4.69) is 157 Å². The van der Waals surface area contributed by atoms with Gasteiger partial charge in [-0.25, -0.2) is 0 Å². The molecule has 2 N–H and O–H groups in total. The first-order valence-electron chi connectivity index (χ1n) is 18.7. The van der Waals surface area contributed by atoms with Crippen LogP contribution in [0.1, 0.15) is 81.5 Å². The summed E-state index contributed by atoms with van der Waals surface area (Å²) in [5, 5.41) is 23.8. The number of aliphatic hydroxyl groups excluding tert-OH is 2. The molecule has 4 aromatic carbocycles. The Labute approximate surface area is 297 Å². The van der Waals surface area contributed by atoms with Crippen molar-refractivity contribution in [1.82, 2.24) is 14.7 Å². The van der Waals surface area contributed by atoms with E-state index >= 15 is 0 Å². The zero-order valence-corrected chi connectivity index (χ0v) is 30.3. The zero-order valence-electron chi connectivity index (χ0n) is 30.3. The molecule has 0 radical (unpaired) electrons. The number of benzene rings is 4. The van der Waals surface area contributed by atoms with Crippen molar-refractivity contribution >= 4 is 0 Å². The van der Waals surface area contributed by atoms with E-state index in [0.29, 0.717) is 0 Å². The van der Waals surface area contributed by atoms with Gasteiger partial charge >= 0.3 is 0 Å². The summed E-state index contributed by atoms with van der Waals surface area (Å²) in [6, 6.07) is 42.5. The highest BCUT2D eigenvalue weighted by atomic mass is 16.3. The molecule has 5 heteroatoms. The lowest BCUT2D eigenvalue weighted by Gasteiger charge is -2.42. The van der Waals surface area contributed by atoms with E-state index in [-0.39, 0.29) is 12.1 Å². The minimum absolute atomic E-state index is 0.0714. The third-order valence-electron chi connectivity index (χ3n) is 9.63. The SMILES string of the molecule is CCCCN(C[C@H]([C@@H](O)CCC)N(Cc1ccccc1)Cc1ccccc1)C[C@H]([C@@H](O)CCC)N(Cc1ccccc1)Cc1ccccc1. The number of rotatable bonds is 23. The third-order valence-corrected chi connectivity index (χ3v) is 9.63. The van der Waals surface area contributed by atoms with Crippen LogP contribution >= 0.6 is 0 Å². The van der Waals surface area contributed by atoms with Crippen molar-refractivity contribution in [2.24, 2.45) is 0 Å². The van der Waals surface area contributed by atoms with Crippen LogP contribution in [0.15, 0.2) is 121 Å². The molecule has 0 heterocycles. The molecular formula is C44H61N3O2. The number of hydrogen-bond acceptors (Lipinski definition) is 5. The van der Waals surface area contributed by atoms with Crippen LogP contribution < -0.4 is 0 Å². The maximum atomic E-state index is 11.9. The fourth-order valence-electron chi connectivity index (χ4n) is 6.96. The molecule has 0 saturated heterocycles. The highest BCUT2D eigenvalue weighted by Crippen LogP contribution is 2.23. The van der Waals surface area contributed by atoms with Gasteiger partial charge < -0.3 is 15.1 Å². The van der Waals surface area contributed by atoms with Gasteiger partial charge in [0.05, 0.1) is 12.2 Å². The summed E-state index contributed by atoms with van der Waals surface area (Å²) in [5.41, 5.74) is 5.00. The first-order valence-corrected chi connectivity index (χ1v) is 18.7. The summed E-state index contributed by atoms with van der Waals surface area (Å²) in [4.78, 5) is 7.54. The number of hydrogen-bond donors (Lipinski definition) is 2. The summed E-state index contributed by atoms with van der Waals surface area (Å²) >= 11 is 0. The van der Waals surface area contributed by atoms with Gasteiger partial charge in [0, 0.05) is 51.4 Å². The summed E-state index contributed by atoms with van der Waals surface area (Å²) < 4.78 is 0. The van der Waals surface area contributed by atoms with Crippen LogP contribution in [-0.2, 0) is 26.2 Å². The van der Waals surface area contributed by atoms with Gasteiger partial charge in [-0.2, -0.15) is 0 Å². The van der Waals surface area contributed by atoms with Crippen molar-refractivity contribution in [3.63, 3.8) is 0 Å². The van der Waals surface area contributed by atoms with Gasteiger partial charge in [0.25, 0.3) is 0 Å². The molecule has 0 saturated carbocycles. The van der Waals surface area contributed by atoms with E-state index in [4.69, 9.17) is 0 Å². The second-order valence-electron chi connectivity index (χ2n) is 13.7. The average Bonchev–Trinajstić information content (AvgIpc) is 3.13. The Morgan fingerprint density at radius 3 is 1.02 bits per heavy atom. The lowest BCUT2D eigenvalue weighted by molar-refractivity contribution is -0.0134.